The second-order valence-corrected chi connectivity index (χ2v) is 7.65. The fourth-order valence-corrected chi connectivity index (χ4v) is 3.44. The average molecular weight is 360 g/mol. The van der Waals surface area contributed by atoms with Gasteiger partial charge in [-0.15, -0.1) is 0 Å². The van der Waals surface area contributed by atoms with Gasteiger partial charge in [0.1, 0.15) is 6.04 Å². The van der Waals surface area contributed by atoms with Gasteiger partial charge in [-0.2, -0.15) is 0 Å². The Bertz CT molecular complexity index is 838. The van der Waals surface area contributed by atoms with E-state index in [1.165, 1.54) is 0 Å². The number of carbonyl (C=O) groups is 1. The summed E-state index contributed by atoms with van der Waals surface area (Å²) in [6.07, 6.45) is 0.638. The molecule has 2 aromatic carbocycles. The van der Waals surface area contributed by atoms with Gasteiger partial charge in [0.2, 0.25) is 15.9 Å². The first kappa shape index (κ1) is 17.6. The first-order valence-corrected chi connectivity index (χ1v) is 9.58. The second-order valence-electron chi connectivity index (χ2n) is 6.03. The van der Waals surface area contributed by atoms with Crippen LogP contribution in [-0.2, 0) is 20.6 Å². The summed E-state index contributed by atoms with van der Waals surface area (Å²) >= 11 is 0. The van der Waals surface area contributed by atoms with Gasteiger partial charge in [0.05, 0.1) is 5.75 Å². The molecular weight excluding hydrogens is 340 g/mol. The van der Waals surface area contributed by atoms with Crippen LogP contribution in [0.5, 0.6) is 0 Å². The molecule has 1 fully saturated rings. The maximum atomic E-state index is 12.4. The van der Waals surface area contributed by atoms with Crippen molar-refractivity contribution in [2.75, 3.05) is 5.32 Å². The first-order chi connectivity index (χ1) is 11.9. The van der Waals surface area contributed by atoms with Gasteiger partial charge in [0, 0.05) is 11.7 Å². The highest BCUT2D eigenvalue weighted by Gasteiger charge is 2.29. The Morgan fingerprint density at radius 3 is 2.40 bits per heavy atom. The van der Waals surface area contributed by atoms with E-state index in [2.05, 4.69) is 16.2 Å². The number of nitrogens with one attached hydrogen (secondary N) is 3. The number of carbonyl (C=O) groups excluding carboxylic acids is 1. The molecule has 7 nitrogen and oxygen atoms in total. The Balaban J connectivity index is 1.58. The molecule has 1 aliphatic rings. The highest BCUT2D eigenvalue weighted by molar-refractivity contribution is 7.88. The lowest BCUT2D eigenvalue weighted by Gasteiger charge is -2.11. The molecule has 2 unspecified atom stereocenters. The van der Waals surface area contributed by atoms with Gasteiger partial charge < -0.3 is 5.32 Å². The zero-order chi connectivity index (χ0) is 17.9. The molecular formula is C17H20N4O3S. The SMILES string of the molecule is NS(=O)(=O)Cc1ccc(NC(=O)C2CC(c3ccccc3)NN2)cc1. The molecule has 1 amide bonds. The lowest BCUT2D eigenvalue weighted by atomic mass is 10.0. The number of hydrogen-bond acceptors (Lipinski definition) is 5. The molecule has 25 heavy (non-hydrogen) atoms. The van der Waals surface area contributed by atoms with Gasteiger partial charge >= 0.3 is 0 Å². The van der Waals surface area contributed by atoms with Crippen molar-refractivity contribution in [2.45, 2.75) is 24.3 Å². The fourth-order valence-electron chi connectivity index (χ4n) is 2.78. The Kier molecular flexibility index (Phi) is 5.14. The summed E-state index contributed by atoms with van der Waals surface area (Å²) < 4.78 is 22.2. The quantitative estimate of drug-likeness (QED) is 0.636. The van der Waals surface area contributed by atoms with E-state index in [4.69, 9.17) is 5.14 Å². The van der Waals surface area contributed by atoms with Gasteiger partial charge in [0.15, 0.2) is 0 Å². The Labute approximate surface area is 146 Å². The monoisotopic (exact) mass is 360 g/mol. The maximum absolute atomic E-state index is 12.4. The summed E-state index contributed by atoms with van der Waals surface area (Å²) in [6, 6.07) is 16.2. The van der Waals surface area contributed by atoms with Gasteiger partial charge in [-0.25, -0.2) is 24.4 Å². The van der Waals surface area contributed by atoms with E-state index in [0.29, 0.717) is 17.7 Å². The summed E-state index contributed by atoms with van der Waals surface area (Å²) in [7, 11) is -3.56. The molecule has 0 spiro atoms. The number of hydrogen-bond donors (Lipinski definition) is 4. The standard InChI is InChI=1S/C17H20N4O3S/c18-25(23,24)11-12-6-8-14(9-7-12)19-17(22)16-10-15(20-21-16)13-4-2-1-3-5-13/h1-9,15-16,20-21H,10-11H2,(H,19,22)(H2,18,23,24). The zero-order valence-corrected chi connectivity index (χ0v) is 14.3. The third kappa shape index (κ3) is 4.86. The van der Waals surface area contributed by atoms with Crippen molar-refractivity contribution >= 4 is 21.6 Å². The normalized spacial score (nSPS) is 20.4. The van der Waals surface area contributed by atoms with Crippen LogP contribution in [0.15, 0.2) is 54.6 Å². The minimum absolute atomic E-state index is 0.0779. The predicted molar refractivity (Wildman–Crippen MR) is 95.7 cm³/mol. The predicted octanol–water partition coefficient (Wildman–Crippen LogP) is 1.02. The fraction of sp³-hybridized carbons (Fsp3) is 0.235. The van der Waals surface area contributed by atoms with E-state index < -0.39 is 10.0 Å². The maximum Gasteiger partial charge on any atom is 0.242 e. The Morgan fingerprint density at radius 2 is 1.76 bits per heavy atom. The minimum atomic E-state index is -3.56. The number of hydrazine groups is 1. The molecule has 0 saturated carbocycles. The average Bonchev–Trinajstić information content (AvgIpc) is 3.06. The van der Waals surface area contributed by atoms with Crippen LogP contribution in [0.25, 0.3) is 0 Å². The molecule has 0 aliphatic carbocycles. The molecule has 3 rings (SSSR count). The molecule has 132 valence electrons. The van der Waals surface area contributed by atoms with Gasteiger partial charge in [-0.1, -0.05) is 42.5 Å². The largest absolute Gasteiger partial charge is 0.325 e. The van der Waals surface area contributed by atoms with E-state index in [0.717, 1.165) is 5.56 Å². The van der Waals surface area contributed by atoms with Crippen LogP contribution >= 0.6 is 0 Å². The van der Waals surface area contributed by atoms with E-state index in [1.54, 1.807) is 24.3 Å². The van der Waals surface area contributed by atoms with Crippen molar-refractivity contribution < 1.29 is 13.2 Å². The van der Waals surface area contributed by atoms with Crippen LogP contribution in [-0.4, -0.2) is 20.4 Å². The summed E-state index contributed by atoms with van der Waals surface area (Å²) in [5, 5.41) is 7.84. The third-order valence-corrected chi connectivity index (χ3v) is 4.75. The van der Waals surface area contributed by atoms with Crippen LogP contribution in [0, 0.1) is 0 Å². The highest BCUT2D eigenvalue weighted by Crippen LogP contribution is 2.22. The van der Waals surface area contributed by atoms with Crippen LogP contribution in [0.4, 0.5) is 5.69 Å². The smallest absolute Gasteiger partial charge is 0.242 e. The number of rotatable bonds is 5. The molecule has 1 heterocycles. The molecule has 0 aromatic heterocycles. The second kappa shape index (κ2) is 7.32. The number of nitrogens with two attached hydrogens (primary N) is 1. The van der Waals surface area contributed by atoms with E-state index in [1.807, 2.05) is 30.3 Å². The van der Waals surface area contributed by atoms with Crippen molar-refractivity contribution in [1.29, 1.82) is 0 Å². The van der Waals surface area contributed by atoms with Crippen molar-refractivity contribution in [3.05, 3.63) is 65.7 Å². The van der Waals surface area contributed by atoms with E-state index >= 15 is 0 Å². The molecule has 2 aromatic rings. The lowest BCUT2D eigenvalue weighted by molar-refractivity contribution is -0.117. The number of anilines is 1. The third-order valence-electron chi connectivity index (χ3n) is 4.01. The molecule has 1 aliphatic heterocycles. The summed E-state index contributed by atoms with van der Waals surface area (Å²) in [4.78, 5) is 12.4. The van der Waals surface area contributed by atoms with E-state index in [-0.39, 0.29) is 23.7 Å². The molecule has 8 heteroatoms. The zero-order valence-electron chi connectivity index (χ0n) is 13.5. The minimum Gasteiger partial charge on any atom is -0.325 e. The Morgan fingerprint density at radius 1 is 1.08 bits per heavy atom. The molecule has 0 bridgehead atoms. The summed E-state index contributed by atoms with van der Waals surface area (Å²) in [5.41, 5.74) is 8.44. The van der Waals surface area contributed by atoms with Crippen molar-refractivity contribution in [1.82, 2.24) is 10.9 Å². The van der Waals surface area contributed by atoms with Crippen LogP contribution in [0.3, 0.4) is 0 Å². The molecule has 2 atom stereocenters. The lowest BCUT2D eigenvalue weighted by Crippen LogP contribution is -2.39. The number of sulfonamides is 1. The van der Waals surface area contributed by atoms with Crippen LogP contribution in [0.1, 0.15) is 23.6 Å². The topological polar surface area (TPSA) is 113 Å². The van der Waals surface area contributed by atoms with Crippen LogP contribution in [0.2, 0.25) is 0 Å². The first-order valence-electron chi connectivity index (χ1n) is 7.87. The van der Waals surface area contributed by atoms with Crippen molar-refractivity contribution in [3.8, 4) is 0 Å². The number of amides is 1. The van der Waals surface area contributed by atoms with Gasteiger partial charge in [-0.3, -0.25) is 4.79 Å². The van der Waals surface area contributed by atoms with Crippen LogP contribution < -0.4 is 21.3 Å². The van der Waals surface area contributed by atoms with Crippen molar-refractivity contribution in [3.63, 3.8) is 0 Å². The molecule has 5 N–H and O–H groups in total. The summed E-state index contributed by atoms with van der Waals surface area (Å²) in [5.74, 6) is -0.376. The molecule has 1 saturated heterocycles. The Hall–Kier alpha value is -2.26. The van der Waals surface area contributed by atoms with Crippen molar-refractivity contribution in [2.24, 2.45) is 5.14 Å². The van der Waals surface area contributed by atoms with Gasteiger partial charge in [0.25, 0.3) is 0 Å². The number of benzene rings is 2. The van der Waals surface area contributed by atoms with E-state index in [9.17, 15) is 13.2 Å². The number of primary sulfonamides is 1. The summed E-state index contributed by atoms with van der Waals surface area (Å²) in [6.45, 7) is 0. The van der Waals surface area contributed by atoms with Gasteiger partial charge in [-0.05, 0) is 29.7 Å². The highest BCUT2D eigenvalue weighted by atomic mass is 32.2. The molecule has 0 radical (unpaired) electrons.